The molecule has 8 N–H and O–H groups in total. The van der Waals surface area contributed by atoms with E-state index in [2.05, 4.69) is 30.9 Å². The average Bonchev–Trinajstić information content (AvgIpc) is 3.54. The summed E-state index contributed by atoms with van der Waals surface area (Å²) in [5, 5.41) is 18.1. The maximum absolute atomic E-state index is 12.9. The lowest BCUT2D eigenvalue weighted by atomic mass is 9.97. The third-order valence-electron chi connectivity index (χ3n) is 6.28. The third kappa shape index (κ3) is 7.40. The second kappa shape index (κ2) is 12.7. The zero-order valence-corrected chi connectivity index (χ0v) is 20.8. The van der Waals surface area contributed by atoms with Gasteiger partial charge in [0, 0.05) is 41.8 Å². The first-order valence-corrected chi connectivity index (χ1v) is 12.1. The largest absolute Gasteiger partial charge is 0.480 e. The number of aromatic nitrogens is 3. The Hall–Kier alpha value is -4.19. The van der Waals surface area contributed by atoms with Crippen LogP contribution in [-0.2, 0) is 32.0 Å². The van der Waals surface area contributed by atoms with Crippen molar-refractivity contribution < 1.29 is 24.3 Å². The van der Waals surface area contributed by atoms with Crippen LogP contribution in [0.5, 0.6) is 0 Å². The summed E-state index contributed by atoms with van der Waals surface area (Å²) in [5.74, 6) is -3.16. The SMILES string of the molecule is CCC(C)C(NC(=O)C(N)Cc1cnc[nH]1)C(=O)NCC(=O)NC(Cc1c[nH]c2ccccc12)C(=O)O. The highest BCUT2D eigenvalue weighted by Crippen LogP contribution is 2.19. The summed E-state index contributed by atoms with van der Waals surface area (Å²) in [6.45, 7) is 3.22. The molecule has 4 unspecified atom stereocenters. The molecule has 37 heavy (non-hydrogen) atoms. The van der Waals surface area contributed by atoms with Gasteiger partial charge in [0.1, 0.15) is 12.1 Å². The molecule has 0 saturated heterocycles. The van der Waals surface area contributed by atoms with Crippen LogP contribution < -0.4 is 21.7 Å². The number of para-hydroxylation sites is 1. The van der Waals surface area contributed by atoms with Gasteiger partial charge in [0.2, 0.25) is 17.7 Å². The summed E-state index contributed by atoms with van der Waals surface area (Å²) < 4.78 is 0. The van der Waals surface area contributed by atoms with Crippen molar-refractivity contribution in [1.29, 1.82) is 0 Å². The first kappa shape index (κ1) is 27.4. The average molecular weight is 512 g/mol. The number of carbonyl (C=O) groups excluding carboxylic acids is 3. The molecule has 1 aromatic carbocycles. The zero-order chi connectivity index (χ0) is 26.9. The number of H-pyrrole nitrogens is 2. The number of carbonyl (C=O) groups is 4. The molecular formula is C25H33N7O5. The van der Waals surface area contributed by atoms with E-state index in [0.29, 0.717) is 12.1 Å². The number of aliphatic carboxylic acids is 1. The van der Waals surface area contributed by atoms with Crippen molar-refractivity contribution in [3.8, 4) is 0 Å². The van der Waals surface area contributed by atoms with E-state index in [9.17, 15) is 24.3 Å². The van der Waals surface area contributed by atoms with Crippen LogP contribution in [0.3, 0.4) is 0 Å². The lowest BCUT2D eigenvalue weighted by Gasteiger charge is -2.25. The van der Waals surface area contributed by atoms with Crippen molar-refractivity contribution in [3.05, 3.63) is 54.2 Å². The highest BCUT2D eigenvalue weighted by molar-refractivity contribution is 5.93. The molecule has 2 heterocycles. The van der Waals surface area contributed by atoms with E-state index < -0.39 is 48.4 Å². The molecule has 3 rings (SSSR count). The van der Waals surface area contributed by atoms with Gasteiger partial charge in [-0.15, -0.1) is 0 Å². The summed E-state index contributed by atoms with van der Waals surface area (Å²) in [7, 11) is 0. The minimum absolute atomic E-state index is 0.0683. The first-order valence-electron chi connectivity index (χ1n) is 12.1. The molecular weight excluding hydrogens is 478 g/mol. The lowest BCUT2D eigenvalue weighted by Crippen LogP contribution is -2.56. The highest BCUT2D eigenvalue weighted by atomic mass is 16.4. The van der Waals surface area contributed by atoms with Gasteiger partial charge in [0.05, 0.1) is 18.9 Å². The maximum Gasteiger partial charge on any atom is 0.326 e. The van der Waals surface area contributed by atoms with Crippen LogP contribution in [0.15, 0.2) is 43.0 Å². The number of amides is 3. The molecule has 3 aromatic rings. The van der Waals surface area contributed by atoms with Gasteiger partial charge >= 0.3 is 5.97 Å². The number of fused-ring (bicyclic) bond motifs is 1. The van der Waals surface area contributed by atoms with Crippen LogP contribution in [0, 0.1) is 5.92 Å². The van der Waals surface area contributed by atoms with Crippen LogP contribution in [0.4, 0.5) is 0 Å². The Balaban J connectivity index is 1.56. The summed E-state index contributed by atoms with van der Waals surface area (Å²) in [5.41, 5.74) is 8.28. The Bertz CT molecular complexity index is 1220. The number of nitrogens with two attached hydrogens (primary N) is 1. The normalized spacial score (nSPS) is 14.4. The van der Waals surface area contributed by atoms with E-state index in [-0.39, 0.29) is 18.8 Å². The lowest BCUT2D eigenvalue weighted by molar-refractivity contribution is -0.141. The summed E-state index contributed by atoms with van der Waals surface area (Å²) >= 11 is 0. The molecule has 0 spiro atoms. The van der Waals surface area contributed by atoms with Crippen LogP contribution in [0.2, 0.25) is 0 Å². The van der Waals surface area contributed by atoms with Crippen molar-refractivity contribution in [3.63, 3.8) is 0 Å². The number of hydrogen-bond acceptors (Lipinski definition) is 6. The molecule has 0 saturated carbocycles. The molecule has 0 aliphatic carbocycles. The van der Waals surface area contributed by atoms with Gasteiger partial charge in [-0.1, -0.05) is 38.5 Å². The number of aromatic amines is 2. The van der Waals surface area contributed by atoms with E-state index in [0.717, 1.165) is 16.5 Å². The number of hydrogen-bond donors (Lipinski definition) is 7. The van der Waals surface area contributed by atoms with Gasteiger partial charge in [0.15, 0.2) is 0 Å². The fraction of sp³-hybridized carbons (Fsp3) is 0.400. The van der Waals surface area contributed by atoms with Crippen LogP contribution >= 0.6 is 0 Å². The van der Waals surface area contributed by atoms with Crippen molar-refractivity contribution in [2.45, 2.75) is 51.2 Å². The van der Waals surface area contributed by atoms with E-state index in [1.807, 2.05) is 31.2 Å². The van der Waals surface area contributed by atoms with Crippen LogP contribution in [-0.4, -0.2) is 68.4 Å². The molecule has 2 aromatic heterocycles. The Morgan fingerprint density at radius 3 is 2.51 bits per heavy atom. The highest BCUT2D eigenvalue weighted by Gasteiger charge is 2.29. The van der Waals surface area contributed by atoms with Crippen molar-refractivity contribution in [2.24, 2.45) is 11.7 Å². The summed E-state index contributed by atoms with van der Waals surface area (Å²) in [4.78, 5) is 59.6. The smallest absolute Gasteiger partial charge is 0.326 e. The fourth-order valence-electron chi connectivity index (χ4n) is 3.93. The number of benzene rings is 1. The molecule has 4 atom stereocenters. The number of imidazole rings is 1. The van der Waals surface area contributed by atoms with Crippen LogP contribution in [0.1, 0.15) is 31.5 Å². The van der Waals surface area contributed by atoms with Gasteiger partial charge in [-0.2, -0.15) is 0 Å². The molecule has 0 aliphatic heterocycles. The molecule has 198 valence electrons. The predicted molar refractivity (Wildman–Crippen MR) is 136 cm³/mol. The minimum Gasteiger partial charge on any atom is -0.480 e. The topological polar surface area (TPSA) is 195 Å². The zero-order valence-electron chi connectivity index (χ0n) is 20.8. The molecule has 12 nitrogen and oxygen atoms in total. The van der Waals surface area contributed by atoms with Gasteiger partial charge in [-0.05, 0) is 17.5 Å². The van der Waals surface area contributed by atoms with Crippen molar-refractivity contribution >= 4 is 34.6 Å². The van der Waals surface area contributed by atoms with Gasteiger partial charge in [0.25, 0.3) is 0 Å². The van der Waals surface area contributed by atoms with Gasteiger partial charge in [-0.3, -0.25) is 14.4 Å². The molecule has 0 bridgehead atoms. The molecule has 3 amide bonds. The number of carboxylic acid groups (broad SMARTS) is 1. The standard InChI is InChI=1S/C25H33N7O5/c1-3-14(2)22(32-23(34)18(26)9-16-11-27-13-30-16)24(35)29-12-21(33)31-20(25(36)37)8-15-10-28-19-7-5-4-6-17(15)19/h4-7,10-11,13-14,18,20,22,28H,3,8-9,12,26H2,1-2H3,(H,27,30)(H,29,35)(H,31,33)(H,32,34)(H,36,37). The first-order chi connectivity index (χ1) is 17.7. The van der Waals surface area contributed by atoms with Crippen molar-refractivity contribution in [1.82, 2.24) is 30.9 Å². The van der Waals surface area contributed by atoms with E-state index >= 15 is 0 Å². The summed E-state index contributed by atoms with van der Waals surface area (Å²) in [6.07, 6.45) is 5.63. The molecule has 0 radical (unpaired) electrons. The Morgan fingerprint density at radius 1 is 1.08 bits per heavy atom. The molecule has 12 heteroatoms. The van der Waals surface area contributed by atoms with Crippen LogP contribution in [0.25, 0.3) is 10.9 Å². The number of carboxylic acids is 1. The Kier molecular flexibility index (Phi) is 9.39. The van der Waals surface area contributed by atoms with E-state index in [1.165, 1.54) is 6.33 Å². The van der Waals surface area contributed by atoms with E-state index in [4.69, 9.17) is 5.73 Å². The fourth-order valence-corrected chi connectivity index (χ4v) is 3.93. The molecule has 0 aliphatic rings. The maximum atomic E-state index is 12.9. The monoisotopic (exact) mass is 511 g/mol. The van der Waals surface area contributed by atoms with Gasteiger partial charge in [-0.25, -0.2) is 9.78 Å². The second-order valence-corrected chi connectivity index (χ2v) is 9.00. The quantitative estimate of drug-likeness (QED) is 0.170. The summed E-state index contributed by atoms with van der Waals surface area (Å²) in [6, 6.07) is 4.45. The number of rotatable bonds is 13. The number of nitrogens with one attached hydrogen (secondary N) is 5. The van der Waals surface area contributed by atoms with Gasteiger partial charge < -0.3 is 36.8 Å². The molecule has 0 fully saturated rings. The van der Waals surface area contributed by atoms with E-state index in [1.54, 1.807) is 19.3 Å². The Morgan fingerprint density at radius 2 is 1.84 bits per heavy atom. The minimum atomic E-state index is -1.19. The van der Waals surface area contributed by atoms with Crippen molar-refractivity contribution in [2.75, 3.05) is 6.54 Å². The predicted octanol–water partition coefficient (Wildman–Crippen LogP) is 0.220. The Labute approximate surface area is 213 Å². The third-order valence-corrected chi connectivity index (χ3v) is 6.28. The number of nitrogens with zero attached hydrogens (tertiary/aromatic N) is 1. The second-order valence-electron chi connectivity index (χ2n) is 9.00.